The Bertz CT molecular complexity index is 578. The lowest BCUT2D eigenvalue weighted by Gasteiger charge is -1.97. The first kappa shape index (κ1) is 13.9. The van der Waals surface area contributed by atoms with Crippen LogP contribution in [0.3, 0.4) is 0 Å². The second-order valence-electron chi connectivity index (χ2n) is 4.18. The maximum atomic E-state index is 5.35. The molecule has 20 heavy (non-hydrogen) atoms. The molecule has 0 radical (unpaired) electrons. The number of nitrogens with two attached hydrogens (primary N) is 1. The van der Waals surface area contributed by atoms with Gasteiger partial charge < -0.3 is 5.73 Å². The lowest BCUT2D eigenvalue weighted by Crippen LogP contribution is -1.99. The minimum absolute atomic E-state index is 0.640. The summed E-state index contributed by atoms with van der Waals surface area (Å²) in [6.45, 7) is 1.37. The largest absolute Gasteiger partial charge is 0.326 e. The van der Waals surface area contributed by atoms with Crippen molar-refractivity contribution in [2.45, 2.75) is 13.1 Å². The van der Waals surface area contributed by atoms with Crippen LogP contribution in [0.2, 0.25) is 0 Å². The smallest absolute Gasteiger partial charge is 0.138 e. The van der Waals surface area contributed by atoms with Gasteiger partial charge >= 0.3 is 0 Å². The first-order valence-electron chi connectivity index (χ1n) is 6.37. The molecule has 2 N–H and O–H groups in total. The molecule has 1 heterocycles. The van der Waals surface area contributed by atoms with Crippen molar-refractivity contribution in [3.8, 4) is 0 Å². The minimum Gasteiger partial charge on any atom is -0.326 e. The van der Waals surface area contributed by atoms with Crippen LogP contribution in [-0.2, 0) is 13.1 Å². The van der Waals surface area contributed by atoms with Crippen LogP contribution in [0.5, 0.6) is 0 Å². The Kier molecular flexibility index (Phi) is 5.42. The van der Waals surface area contributed by atoms with Crippen LogP contribution in [0.4, 0.5) is 0 Å². The van der Waals surface area contributed by atoms with Crippen LogP contribution >= 0.6 is 0 Å². The molecule has 102 valence electrons. The van der Waals surface area contributed by atoms with Gasteiger partial charge in [0.1, 0.15) is 6.33 Å². The van der Waals surface area contributed by atoms with Gasteiger partial charge in [0.25, 0.3) is 0 Å². The number of aromatic nitrogens is 4. The molecule has 0 aliphatic carbocycles. The van der Waals surface area contributed by atoms with Crippen LogP contribution in [0.15, 0.2) is 67.0 Å². The van der Waals surface area contributed by atoms with Crippen LogP contribution in [0.1, 0.15) is 11.1 Å². The standard InChI is InChI=1S/C8H8N4.C7H9N/c1-2-4-8(5-3-1)6-12-7-9-10-11-12;8-6-7-4-2-1-3-5-7/h1-5,7H,6H2;1-5H,6,8H2. The van der Waals surface area contributed by atoms with E-state index in [1.54, 1.807) is 11.0 Å². The van der Waals surface area contributed by atoms with Crippen molar-refractivity contribution in [3.63, 3.8) is 0 Å². The molecule has 0 amide bonds. The summed E-state index contributed by atoms with van der Waals surface area (Å²) < 4.78 is 1.69. The summed E-state index contributed by atoms with van der Waals surface area (Å²) in [6, 6.07) is 20.1. The van der Waals surface area contributed by atoms with Crippen LogP contribution < -0.4 is 5.73 Å². The first-order valence-corrected chi connectivity index (χ1v) is 6.37. The summed E-state index contributed by atoms with van der Waals surface area (Å²) in [5.41, 5.74) is 7.74. The zero-order valence-corrected chi connectivity index (χ0v) is 11.1. The van der Waals surface area contributed by atoms with Gasteiger partial charge in [-0.05, 0) is 21.6 Å². The zero-order valence-electron chi connectivity index (χ0n) is 11.1. The third-order valence-electron chi connectivity index (χ3n) is 2.66. The molecule has 0 saturated carbocycles. The molecule has 2 aromatic carbocycles. The summed E-state index contributed by atoms with van der Waals surface area (Å²) in [4.78, 5) is 0. The molecule has 1 aromatic heterocycles. The van der Waals surface area contributed by atoms with Gasteiger partial charge in [0.2, 0.25) is 0 Å². The second kappa shape index (κ2) is 7.81. The van der Waals surface area contributed by atoms with Crippen molar-refractivity contribution in [1.29, 1.82) is 0 Å². The van der Waals surface area contributed by atoms with Gasteiger partial charge in [0.05, 0.1) is 6.54 Å². The molecule has 0 unspecified atom stereocenters. The fraction of sp³-hybridized carbons (Fsp3) is 0.133. The minimum atomic E-state index is 0.640. The molecule has 0 atom stereocenters. The molecule has 5 heteroatoms. The van der Waals surface area contributed by atoms with Gasteiger partial charge in [-0.25, -0.2) is 4.68 Å². The molecule has 3 rings (SSSR count). The third kappa shape index (κ3) is 4.62. The fourth-order valence-corrected chi connectivity index (χ4v) is 1.64. The Morgan fingerprint density at radius 2 is 1.45 bits per heavy atom. The highest BCUT2D eigenvalue weighted by Gasteiger charge is 1.93. The SMILES string of the molecule is NCc1ccccc1.c1ccc(Cn2cnnn2)cc1. The quantitative estimate of drug-likeness (QED) is 0.786. The van der Waals surface area contributed by atoms with Crippen molar-refractivity contribution in [1.82, 2.24) is 20.2 Å². The van der Waals surface area contributed by atoms with Gasteiger partial charge in [-0.2, -0.15) is 0 Å². The monoisotopic (exact) mass is 267 g/mol. The Labute approximate surface area is 118 Å². The Balaban J connectivity index is 0.000000160. The maximum absolute atomic E-state index is 5.35. The van der Waals surface area contributed by atoms with E-state index in [9.17, 15) is 0 Å². The van der Waals surface area contributed by atoms with E-state index in [0.717, 1.165) is 6.54 Å². The summed E-state index contributed by atoms with van der Waals surface area (Å²) in [7, 11) is 0. The van der Waals surface area contributed by atoms with E-state index in [2.05, 4.69) is 15.5 Å². The van der Waals surface area contributed by atoms with Gasteiger partial charge in [0.15, 0.2) is 0 Å². The maximum Gasteiger partial charge on any atom is 0.138 e. The Hall–Kier alpha value is -2.53. The van der Waals surface area contributed by atoms with E-state index in [0.29, 0.717) is 6.54 Å². The first-order chi connectivity index (χ1) is 9.88. The van der Waals surface area contributed by atoms with Crippen LogP contribution in [0.25, 0.3) is 0 Å². The average Bonchev–Trinajstić information content (AvgIpc) is 3.03. The summed E-state index contributed by atoms with van der Waals surface area (Å²) in [6.07, 6.45) is 1.60. The molecule has 0 bridgehead atoms. The number of hydrogen-bond acceptors (Lipinski definition) is 4. The Morgan fingerprint density at radius 3 is 1.90 bits per heavy atom. The molecule has 0 saturated heterocycles. The van der Waals surface area contributed by atoms with E-state index in [-0.39, 0.29) is 0 Å². The summed E-state index contributed by atoms with van der Waals surface area (Å²) in [5, 5.41) is 10.9. The topological polar surface area (TPSA) is 69.6 Å². The van der Waals surface area contributed by atoms with Crippen LogP contribution in [0, 0.1) is 0 Å². The molecule has 5 nitrogen and oxygen atoms in total. The average molecular weight is 267 g/mol. The number of hydrogen-bond donors (Lipinski definition) is 1. The van der Waals surface area contributed by atoms with E-state index in [4.69, 9.17) is 5.73 Å². The number of benzene rings is 2. The van der Waals surface area contributed by atoms with E-state index in [1.165, 1.54) is 11.1 Å². The number of tetrazole rings is 1. The Morgan fingerprint density at radius 1 is 0.850 bits per heavy atom. The van der Waals surface area contributed by atoms with E-state index >= 15 is 0 Å². The molecule has 3 aromatic rings. The molecular weight excluding hydrogens is 250 g/mol. The highest BCUT2D eigenvalue weighted by Crippen LogP contribution is 1.99. The second-order valence-corrected chi connectivity index (χ2v) is 4.18. The van der Waals surface area contributed by atoms with Gasteiger partial charge in [-0.15, -0.1) is 5.10 Å². The lowest BCUT2D eigenvalue weighted by molar-refractivity contribution is 0.648. The third-order valence-corrected chi connectivity index (χ3v) is 2.66. The summed E-state index contributed by atoms with van der Waals surface area (Å²) >= 11 is 0. The van der Waals surface area contributed by atoms with Gasteiger partial charge in [-0.3, -0.25) is 0 Å². The fourth-order valence-electron chi connectivity index (χ4n) is 1.64. The van der Waals surface area contributed by atoms with Gasteiger partial charge in [-0.1, -0.05) is 60.7 Å². The lowest BCUT2D eigenvalue weighted by atomic mass is 10.2. The van der Waals surface area contributed by atoms with Gasteiger partial charge in [0, 0.05) is 6.54 Å². The van der Waals surface area contributed by atoms with Crippen molar-refractivity contribution in [2.24, 2.45) is 5.73 Å². The zero-order chi connectivity index (χ0) is 14.0. The number of nitrogens with zero attached hydrogens (tertiary/aromatic N) is 4. The van der Waals surface area contributed by atoms with Crippen LogP contribution in [-0.4, -0.2) is 20.2 Å². The normalized spacial score (nSPS) is 9.65. The van der Waals surface area contributed by atoms with Crippen molar-refractivity contribution >= 4 is 0 Å². The predicted molar refractivity (Wildman–Crippen MR) is 77.7 cm³/mol. The van der Waals surface area contributed by atoms with Crippen molar-refractivity contribution in [3.05, 3.63) is 78.1 Å². The van der Waals surface area contributed by atoms with E-state index < -0.39 is 0 Å². The molecule has 0 spiro atoms. The van der Waals surface area contributed by atoms with Crippen molar-refractivity contribution < 1.29 is 0 Å². The molecule has 0 aliphatic rings. The number of rotatable bonds is 3. The molecular formula is C15H17N5. The van der Waals surface area contributed by atoms with E-state index in [1.807, 2.05) is 60.7 Å². The van der Waals surface area contributed by atoms with Crippen molar-refractivity contribution in [2.75, 3.05) is 0 Å². The molecule has 0 aliphatic heterocycles. The highest BCUT2D eigenvalue weighted by molar-refractivity contribution is 5.14. The highest BCUT2D eigenvalue weighted by atomic mass is 15.5. The predicted octanol–water partition coefficient (Wildman–Crippen LogP) is 1.87. The summed E-state index contributed by atoms with van der Waals surface area (Å²) in [5.74, 6) is 0. The molecule has 0 fully saturated rings.